The molecule has 0 saturated carbocycles. The molecule has 0 aliphatic carbocycles. The number of benzene rings is 1. The van der Waals surface area contributed by atoms with Crippen molar-refractivity contribution in [2.24, 2.45) is 5.92 Å². The van der Waals surface area contributed by atoms with E-state index in [1.807, 2.05) is 35.2 Å². The largest absolute Gasteiger partial charge is 0.338 e. The maximum absolute atomic E-state index is 12.8. The van der Waals surface area contributed by atoms with Crippen molar-refractivity contribution in [3.8, 4) is 0 Å². The third-order valence-corrected chi connectivity index (χ3v) is 4.42. The number of carbonyl (C=O) groups excluding carboxylic acids is 1. The Morgan fingerprint density at radius 1 is 1.33 bits per heavy atom. The number of para-hydroxylation sites is 1. The zero-order chi connectivity index (χ0) is 14.7. The summed E-state index contributed by atoms with van der Waals surface area (Å²) < 4.78 is 0. The molecule has 1 aromatic heterocycles. The van der Waals surface area contributed by atoms with Crippen LogP contribution in [0, 0.1) is 5.92 Å². The quantitative estimate of drug-likeness (QED) is 0.810. The van der Waals surface area contributed by atoms with Crippen LogP contribution in [-0.4, -0.2) is 34.8 Å². The summed E-state index contributed by atoms with van der Waals surface area (Å²) in [4.78, 5) is 19.1. The monoisotopic (exact) mass is 302 g/mol. The van der Waals surface area contributed by atoms with Crippen molar-refractivity contribution < 1.29 is 4.79 Å². The summed E-state index contributed by atoms with van der Waals surface area (Å²) in [5, 5.41) is 0.935. The van der Waals surface area contributed by atoms with Gasteiger partial charge in [0.05, 0.1) is 11.1 Å². The van der Waals surface area contributed by atoms with Gasteiger partial charge < -0.3 is 4.90 Å². The zero-order valence-electron chi connectivity index (χ0n) is 12.0. The molecule has 1 fully saturated rings. The average Bonchev–Trinajstić information content (AvgIpc) is 2.54. The van der Waals surface area contributed by atoms with E-state index in [2.05, 4.69) is 4.98 Å². The third-order valence-electron chi connectivity index (χ3n) is 4.20. The van der Waals surface area contributed by atoms with Gasteiger partial charge in [-0.3, -0.25) is 9.78 Å². The molecule has 0 spiro atoms. The molecule has 0 bridgehead atoms. The Hall–Kier alpha value is -1.61. The molecular weight excluding hydrogens is 284 g/mol. The number of rotatable bonds is 3. The number of likely N-dealkylation sites (tertiary alicyclic amines) is 1. The zero-order valence-corrected chi connectivity index (χ0v) is 12.7. The molecule has 1 unspecified atom stereocenters. The Morgan fingerprint density at radius 3 is 3.05 bits per heavy atom. The Balaban J connectivity index is 1.86. The van der Waals surface area contributed by atoms with E-state index in [0.717, 1.165) is 42.4 Å². The summed E-state index contributed by atoms with van der Waals surface area (Å²) in [6.07, 6.45) is 4.95. The van der Waals surface area contributed by atoms with Crippen LogP contribution in [0.1, 0.15) is 29.6 Å². The second-order valence-electron chi connectivity index (χ2n) is 5.61. The maximum Gasteiger partial charge on any atom is 0.254 e. The molecule has 1 amide bonds. The minimum Gasteiger partial charge on any atom is -0.338 e. The van der Waals surface area contributed by atoms with Gasteiger partial charge >= 0.3 is 0 Å². The van der Waals surface area contributed by atoms with Gasteiger partial charge in [-0.1, -0.05) is 18.2 Å². The lowest BCUT2D eigenvalue weighted by Gasteiger charge is -2.32. The van der Waals surface area contributed by atoms with Crippen molar-refractivity contribution in [2.45, 2.75) is 19.3 Å². The van der Waals surface area contributed by atoms with Gasteiger partial charge in [-0.15, -0.1) is 11.6 Å². The smallest absolute Gasteiger partial charge is 0.254 e. The van der Waals surface area contributed by atoms with Gasteiger partial charge in [0.25, 0.3) is 5.91 Å². The number of fused-ring (bicyclic) bond motifs is 1. The highest BCUT2D eigenvalue weighted by Gasteiger charge is 2.25. The SMILES string of the molecule is O=C(c1ccnc2ccccc12)N1CCCC(CCCl)C1. The lowest BCUT2D eigenvalue weighted by atomic mass is 9.95. The number of amides is 1. The van der Waals surface area contributed by atoms with Crippen LogP contribution in [0.5, 0.6) is 0 Å². The highest BCUT2D eigenvalue weighted by molar-refractivity contribution is 6.17. The van der Waals surface area contributed by atoms with E-state index >= 15 is 0 Å². The normalized spacial score (nSPS) is 18.9. The van der Waals surface area contributed by atoms with Crippen molar-refractivity contribution >= 4 is 28.4 Å². The molecule has 1 aromatic carbocycles. The minimum atomic E-state index is 0.118. The number of hydrogen-bond donors (Lipinski definition) is 0. The van der Waals surface area contributed by atoms with Gasteiger partial charge in [0.1, 0.15) is 0 Å². The second-order valence-corrected chi connectivity index (χ2v) is 5.99. The van der Waals surface area contributed by atoms with Gasteiger partial charge in [-0.2, -0.15) is 0 Å². The number of pyridine rings is 1. The van der Waals surface area contributed by atoms with Crippen LogP contribution < -0.4 is 0 Å². The van der Waals surface area contributed by atoms with Gasteiger partial charge in [-0.25, -0.2) is 0 Å². The van der Waals surface area contributed by atoms with E-state index < -0.39 is 0 Å². The number of piperidine rings is 1. The first-order chi connectivity index (χ1) is 10.3. The van der Waals surface area contributed by atoms with E-state index in [1.54, 1.807) is 6.20 Å². The summed E-state index contributed by atoms with van der Waals surface area (Å²) in [6, 6.07) is 9.64. The van der Waals surface area contributed by atoms with Crippen LogP contribution >= 0.6 is 11.6 Å². The fourth-order valence-electron chi connectivity index (χ4n) is 3.09. The lowest BCUT2D eigenvalue weighted by Crippen LogP contribution is -2.40. The van der Waals surface area contributed by atoms with E-state index in [9.17, 15) is 4.79 Å². The first kappa shape index (κ1) is 14.3. The van der Waals surface area contributed by atoms with Crippen molar-refractivity contribution in [2.75, 3.05) is 19.0 Å². The van der Waals surface area contributed by atoms with Gasteiger partial charge in [0, 0.05) is 30.6 Å². The number of halogens is 1. The van der Waals surface area contributed by atoms with Crippen LogP contribution in [0.25, 0.3) is 10.9 Å². The first-order valence-electron chi connectivity index (χ1n) is 7.48. The molecule has 4 heteroatoms. The number of nitrogens with zero attached hydrogens (tertiary/aromatic N) is 2. The molecule has 3 rings (SSSR count). The fraction of sp³-hybridized carbons (Fsp3) is 0.412. The molecule has 21 heavy (non-hydrogen) atoms. The summed E-state index contributed by atoms with van der Waals surface area (Å²) >= 11 is 5.85. The van der Waals surface area contributed by atoms with Crippen molar-refractivity contribution in [1.82, 2.24) is 9.88 Å². The molecule has 3 nitrogen and oxygen atoms in total. The number of alkyl halides is 1. The van der Waals surface area contributed by atoms with Crippen molar-refractivity contribution in [3.05, 3.63) is 42.1 Å². The van der Waals surface area contributed by atoms with Crippen LogP contribution in [0.15, 0.2) is 36.5 Å². The van der Waals surface area contributed by atoms with Crippen molar-refractivity contribution in [3.63, 3.8) is 0 Å². The molecule has 1 aliphatic heterocycles. The predicted octanol–water partition coefficient (Wildman–Crippen LogP) is 3.72. The van der Waals surface area contributed by atoms with E-state index in [1.165, 1.54) is 6.42 Å². The van der Waals surface area contributed by atoms with Crippen LogP contribution in [0.2, 0.25) is 0 Å². The average molecular weight is 303 g/mol. The van der Waals surface area contributed by atoms with E-state index in [4.69, 9.17) is 11.6 Å². The maximum atomic E-state index is 12.8. The summed E-state index contributed by atoms with van der Waals surface area (Å²) in [6.45, 7) is 1.66. The number of aromatic nitrogens is 1. The van der Waals surface area contributed by atoms with Gasteiger partial charge in [0.2, 0.25) is 0 Å². The molecule has 1 saturated heterocycles. The molecule has 0 radical (unpaired) electrons. The predicted molar refractivity (Wildman–Crippen MR) is 85.7 cm³/mol. The summed E-state index contributed by atoms with van der Waals surface area (Å²) in [7, 11) is 0. The van der Waals surface area contributed by atoms with Crippen LogP contribution in [0.4, 0.5) is 0 Å². The highest BCUT2D eigenvalue weighted by Crippen LogP contribution is 2.24. The van der Waals surface area contributed by atoms with Crippen molar-refractivity contribution in [1.29, 1.82) is 0 Å². The van der Waals surface area contributed by atoms with Crippen LogP contribution in [0.3, 0.4) is 0 Å². The molecular formula is C17H19ClN2O. The molecule has 2 heterocycles. The Labute approximate surface area is 129 Å². The second kappa shape index (κ2) is 6.44. The Morgan fingerprint density at radius 2 is 2.19 bits per heavy atom. The first-order valence-corrected chi connectivity index (χ1v) is 8.02. The standard InChI is InChI=1S/C17H19ClN2O/c18-9-7-13-4-3-11-20(12-13)17(21)15-8-10-19-16-6-2-1-5-14(15)16/h1-2,5-6,8,10,13H,3-4,7,9,11-12H2. The topological polar surface area (TPSA) is 33.2 Å². The molecule has 0 N–H and O–H groups in total. The molecule has 2 aromatic rings. The lowest BCUT2D eigenvalue weighted by molar-refractivity contribution is 0.0673. The van der Waals surface area contributed by atoms with Gasteiger partial charge in [-0.05, 0) is 37.3 Å². The molecule has 1 atom stereocenters. The highest BCUT2D eigenvalue weighted by atomic mass is 35.5. The molecule has 1 aliphatic rings. The van der Waals surface area contributed by atoms with E-state index in [0.29, 0.717) is 11.8 Å². The fourth-order valence-corrected chi connectivity index (χ4v) is 3.40. The molecule has 110 valence electrons. The minimum absolute atomic E-state index is 0.118. The summed E-state index contributed by atoms with van der Waals surface area (Å²) in [5.74, 6) is 1.33. The van der Waals surface area contributed by atoms with E-state index in [-0.39, 0.29) is 5.91 Å². The number of hydrogen-bond acceptors (Lipinski definition) is 2. The Kier molecular flexibility index (Phi) is 4.39. The third kappa shape index (κ3) is 3.03. The number of carbonyl (C=O) groups is 1. The summed E-state index contributed by atoms with van der Waals surface area (Å²) in [5.41, 5.74) is 1.63. The Bertz CT molecular complexity index is 636. The van der Waals surface area contributed by atoms with Crippen LogP contribution in [-0.2, 0) is 0 Å². The van der Waals surface area contributed by atoms with Gasteiger partial charge in [0.15, 0.2) is 0 Å².